The summed E-state index contributed by atoms with van der Waals surface area (Å²) in [6.07, 6.45) is 0. The molecule has 3 N–H and O–H groups in total. The summed E-state index contributed by atoms with van der Waals surface area (Å²) in [5.41, 5.74) is 10.8. The predicted octanol–water partition coefficient (Wildman–Crippen LogP) is 3.80. The molecular formula is C15H20N2S. The summed E-state index contributed by atoms with van der Waals surface area (Å²) in [6.45, 7) is 7.32. The van der Waals surface area contributed by atoms with Crippen molar-refractivity contribution >= 4 is 17.0 Å². The second-order valence-electron chi connectivity index (χ2n) is 4.76. The van der Waals surface area contributed by atoms with E-state index in [4.69, 9.17) is 5.73 Å². The maximum atomic E-state index is 5.89. The Hall–Kier alpha value is -1.32. The highest BCUT2D eigenvalue weighted by molar-refractivity contribution is 7.10. The number of rotatable bonds is 4. The molecule has 1 aromatic heterocycles. The van der Waals surface area contributed by atoms with Gasteiger partial charge in [-0.15, -0.1) is 11.3 Å². The Morgan fingerprint density at radius 3 is 2.67 bits per heavy atom. The van der Waals surface area contributed by atoms with Crippen molar-refractivity contribution in [3.63, 3.8) is 0 Å². The van der Waals surface area contributed by atoms with E-state index in [0.717, 1.165) is 12.2 Å². The van der Waals surface area contributed by atoms with Crippen LogP contribution in [0.4, 0.5) is 5.69 Å². The lowest BCUT2D eigenvalue weighted by atomic mass is 10.0. The molecule has 0 aliphatic heterocycles. The van der Waals surface area contributed by atoms with E-state index < -0.39 is 0 Å². The minimum Gasteiger partial charge on any atom is -0.398 e. The maximum Gasteiger partial charge on any atom is 0.0468 e. The first-order valence-corrected chi connectivity index (χ1v) is 7.08. The third kappa shape index (κ3) is 2.92. The van der Waals surface area contributed by atoms with Gasteiger partial charge < -0.3 is 11.1 Å². The molecule has 1 atom stereocenters. The molecule has 1 aromatic carbocycles. The summed E-state index contributed by atoms with van der Waals surface area (Å²) in [5.74, 6) is 0. The first kappa shape index (κ1) is 13.1. The lowest BCUT2D eigenvalue weighted by Gasteiger charge is -2.17. The first-order valence-electron chi connectivity index (χ1n) is 6.20. The number of nitrogens with two attached hydrogens (primary N) is 1. The number of anilines is 1. The van der Waals surface area contributed by atoms with Crippen molar-refractivity contribution in [3.05, 3.63) is 51.2 Å². The van der Waals surface area contributed by atoms with Crippen molar-refractivity contribution in [1.29, 1.82) is 0 Å². The summed E-state index contributed by atoms with van der Waals surface area (Å²) in [5, 5.41) is 5.57. The molecule has 0 amide bonds. The van der Waals surface area contributed by atoms with E-state index in [9.17, 15) is 0 Å². The zero-order valence-corrected chi connectivity index (χ0v) is 12.0. The average Bonchev–Trinajstić information content (AvgIpc) is 2.72. The fraction of sp³-hybridized carbons (Fsp3) is 0.333. The molecule has 1 unspecified atom stereocenters. The SMILES string of the molecule is Cc1ccc(C(C)NCc2sccc2N)c(C)c1. The number of hydrogen-bond donors (Lipinski definition) is 2. The summed E-state index contributed by atoms with van der Waals surface area (Å²) in [6, 6.07) is 8.91. The highest BCUT2D eigenvalue weighted by Crippen LogP contribution is 2.22. The lowest BCUT2D eigenvalue weighted by Crippen LogP contribution is -2.18. The lowest BCUT2D eigenvalue weighted by molar-refractivity contribution is 0.577. The number of hydrogen-bond acceptors (Lipinski definition) is 3. The van der Waals surface area contributed by atoms with E-state index in [-0.39, 0.29) is 0 Å². The monoisotopic (exact) mass is 260 g/mol. The van der Waals surface area contributed by atoms with Crippen molar-refractivity contribution in [1.82, 2.24) is 5.32 Å². The van der Waals surface area contributed by atoms with Crippen molar-refractivity contribution < 1.29 is 0 Å². The largest absolute Gasteiger partial charge is 0.398 e. The van der Waals surface area contributed by atoms with Gasteiger partial charge in [0.2, 0.25) is 0 Å². The van der Waals surface area contributed by atoms with Gasteiger partial charge in [-0.1, -0.05) is 23.8 Å². The van der Waals surface area contributed by atoms with Crippen LogP contribution in [0.25, 0.3) is 0 Å². The zero-order chi connectivity index (χ0) is 13.1. The predicted molar refractivity (Wildman–Crippen MR) is 79.9 cm³/mol. The molecule has 0 saturated carbocycles. The number of benzene rings is 1. The summed E-state index contributed by atoms with van der Waals surface area (Å²) >= 11 is 1.71. The fourth-order valence-electron chi connectivity index (χ4n) is 2.16. The van der Waals surface area contributed by atoms with Crippen molar-refractivity contribution in [3.8, 4) is 0 Å². The minimum absolute atomic E-state index is 0.340. The van der Waals surface area contributed by atoms with Crippen molar-refractivity contribution in [2.45, 2.75) is 33.4 Å². The van der Waals surface area contributed by atoms with Crippen LogP contribution < -0.4 is 11.1 Å². The summed E-state index contributed by atoms with van der Waals surface area (Å²) in [7, 11) is 0. The highest BCUT2D eigenvalue weighted by Gasteiger charge is 2.09. The van der Waals surface area contributed by atoms with Crippen LogP contribution in [0.5, 0.6) is 0 Å². The maximum absolute atomic E-state index is 5.89. The van der Waals surface area contributed by atoms with Crippen LogP contribution in [0.1, 0.15) is 34.5 Å². The molecule has 2 nitrogen and oxygen atoms in total. The first-order chi connectivity index (χ1) is 8.58. The molecule has 1 heterocycles. The van der Waals surface area contributed by atoms with Gasteiger partial charge in [-0.2, -0.15) is 0 Å². The van der Waals surface area contributed by atoms with Crippen LogP contribution in [0.15, 0.2) is 29.6 Å². The van der Waals surface area contributed by atoms with Gasteiger partial charge in [-0.25, -0.2) is 0 Å². The van der Waals surface area contributed by atoms with Gasteiger partial charge in [-0.3, -0.25) is 0 Å². The molecule has 96 valence electrons. The molecule has 0 spiro atoms. The summed E-state index contributed by atoms with van der Waals surface area (Å²) < 4.78 is 0. The van der Waals surface area contributed by atoms with Gasteiger partial charge in [0.1, 0.15) is 0 Å². The number of aryl methyl sites for hydroxylation is 2. The fourth-order valence-corrected chi connectivity index (χ4v) is 2.91. The number of thiophene rings is 1. The van der Waals surface area contributed by atoms with E-state index >= 15 is 0 Å². The minimum atomic E-state index is 0.340. The molecule has 0 fully saturated rings. The Morgan fingerprint density at radius 2 is 2.06 bits per heavy atom. The van der Waals surface area contributed by atoms with E-state index in [1.807, 2.05) is 11.4 Å². The van der Waals surface area contributed by atoms with E-state index in [2.05, 4.69) is 44.3 Å². The van der Waals surface area contributed by atoms with Gasteiger partial charge in [0.05, 0.1) is 0 Å². The molecule has 2 aromatic rings. The quantitative estimate of drug-likeness (QED) is 0.877. The Labute approximate surface area is 113 Å². The van der Waals surface area contributed by atoms with Crippen LogP contribution in [0, 0.1) is 13.8 Å². The van der Waals surface area contributed by atoms with Gasteiger partial charge in [0.25, 0.3) is 0 Å². The molecule has 0 saturated heterocycles. The normalized spacial score (nSPS) is 12.6. The third-order valence-corrected chi connectivity index (χ3v) is 4.18. The number of nitrogen functional groups attached to an aromatic ring is 1. The molecule has 0 aliphatic carbocycles. The smallest absolute Gasteiger partial charge is 0.0468 e. The van der Waals surface area contributed by atoms with Crippen LogP contribution in [0.2, 0.25) is 0 Å². The van der Waals surface area contributed by atoms with Gasteiger partial charge in [0.15, 0.2) is 0 Å². The molecule has 2 rings (SSSR count). The topological polar surface area (TPSA) is 38.0 Å². The Morgan fingerprint density at radius 1 is 1.28 bits per heavy atom. The highest BCUT2D eigenvalue weighted by atomic mass is 32.1. The van der Waals surface area contributed by atoms with E-state index in [1.165, 1.54) is 21.6 Å². The molecule has 3 heteroatoms. The second kappa shape index (κ2) is 5.55. The van der Waals surface area contributed by atoms with Gasteiger partial charge in [-0.05, 0) is 43.3 Å². The molecular weight excluding hydrogens is 240 g/mol. The molecule has 0 radical (unpaired) electrons. The Bertz CT molecular complexity index is 531. The number of nitrogens with one attached hydrogen (secondary N) is 1. The van der Waals surface area contributed by atoms with Crippen LogP contribution in [0.3, 0.4) is 0 Å². The van der Waals surface area contributed by atoms with E-state index in [0.29, 0.717) is 6.04 Å². The molecule has 0 aliphatic rings. The van der Waals surface area contributed by atoms with Crippen molar-refractivity contribution in [2.75, 3.05) is 5.73 Å². The Balaban J connectivity index is 2.03. The average molecular weight is 260 g/mol. The molecule has 18 heavy (non-hydrogen) atoms. The van der Waals surface area contributed by atoms with Crippen LogP contribution >= 0.6 is 11.3 Å². The summed E-state index contributed by atoms with van der Waals surface area (Å²) in [4.78, 5) is 1.21. The van der Waals surface area contributed by atoms with Crippen molar-refractivity contribution in [2.24, 2.45) is 0 Å². The second-order valence-corrected chi connectivity index (χ2v) is 5.76. The third-order valence-electron chi connectivity index (χ3n) is 3.24. The Kier molecular flexibility index (Phi) is 4.04. The van der Waals surface area contributed by atoms with Crippen LogP contribution in [-0.2, 0) is 6.54 Å². The van der Waals surface area contributed by atoms with E-state index in [1.54, 1.807) is 11.3 Å². The molecule has 0 bridgehead atoms. The van der Waals surface area contributed by atoms with Gasteiger partial charge >= 0.3 is 0 Å². The zero-order valence-electron chi connectivity index (χ0n) is 11.2. The standard InChI is InChI=1S/C15H20N2S/c1-10-4-5-13(11(2)8-10)12(3)17-9-15-14(16)6-7-18-15/h4-8,12,17H,9,16H2,1-3H3. The van der Waals surface area contributed by atoms with Gasteiger partial charge in [0, 0.05) is 23.2 Å². The van der Waals surface area contributed by atoms with Crippen LogP contribution in [-0.4, -0.2) is 0 Å².